The summed E-state index contributed by atoms with van der Waals surface area (Å²) < 4.78 is 11.6. The number of hydrogen-bond donors (Lipinski definition) is 2. The molecule has 1 saturated heterocycles. The summed E-state index contributed by atoms with van der Waals surface area (Å²) in [6, 6.07) is 8.66. The predicted octanol–water partition coefficient (Wildman–Crippen LogP) is 2.89. The Kier molecular flexibility index (Phi) is 4.18. The molecule has 0 unspecified atom stereocenters. The number of ether oxygens (including phenoxy) is 2. The molecule has 26 heavy (non-hydrogen) atoms. The lowest BCUT2D eigenvalue weighted by Gasteiger charge is -2.31. The minimum atomic E-state index is -1.17. The van der Waals surface area contributed by atoms with E-state index in [1.807, 2.05) is 0 Å². The molecule has 1 fully saturated rings. The Balaban J connectivity index is 1.82. The number of nitrogens with two attached hydrogens (primary N) is 1. The molecule has 2 amide bonds. The number of primary amides is 1. The number of carboxylic acid groups (broad SMARTS) is 1. The van der Waals surface area contributed by atoms with Crippen molar-refractivity contribution >= 4 is 34.0 Å². The van der Waals surface area contributed by atoms with Gasteiger partial charge in [-0.15, -0.1) is 11.3 Å². The van der Waals surface area contributed by atoms with Gasteiger partial charge in [0.2, 0.25) is 0 Å². The highest BCUT2D eigenvalue weighted by atomic mass is 32.1. The maximum absolute atomic E-state index is 12.2. The van der Waals surface area contributed by atoms with Gasteiger partial charge in [-0.25, -0.2) is 9.69 Å². The summed E-state index contributed by atoms with van der Waals surface area (Å²) >= 11 is 1.27. The second-order valence-electron chi connectivity index (χ2n) is 6.29. The summed E-state index contributed by atoms with van der Waals surface area (Å²) in [5.74, 6) is -1.28. The molecule has 0 saturated carbocycles. The lowest BCUT2D eigenvalue weighted by atomic mass is 9.90. The van der Waals surface area contributed by atoms with Gasteiger partial charge in [0.15, 0.2) is 5.79 Å². The van der Waals surface area contributed by atoms with Crippen LogP contribution in [-0.2, 0) is 22.3 Å². The number of thiophene rings is 1. The van der Waals surface area contributed by atoms with Crippen molar-refractivity contribution in [2.75, 3.05) is 18.1 Å². The number of amides is 2. The summed E-state index contributed by atoms with van der Waals surface area (Å²) in [7, 11) is 0. The summed E-state index contributed by atoms with van der Waals surface area (Å²) in [6.07, 6.45) is 0.511. The van der Waals surface area contributed by atoms with Gasteiger partial charge in [-0.2, -0.15) is 0 Å². The first-order chi connectivity index (χ1) is 12.5. The number of anilines is 2. The van der Waals surface area contributed by atoms with Gasteiger partial charge in [0.05, 0.1) is 24.5 Å². The first-order valence-corrected chi connectivity index (χ1v) is 9.13. The Bertz CT molecular complexity index is 858. The van der Waals surface area contributed by atoms with Gasteiger partial charge in [-0.3, -0.25) is 4.79 Å². The first-order valence-electron chi connectivity index (χ1n) is 8.31. The molecule has 2 heterocycles. The van der Waals surface area contributed by atoms with Crippen molar-refractivity contribution in [3.8, 4) is 0 Å². The molecule has 136 valence electrons. The molecule has 4 rings (SSSR count). The molecule has 2 aliphatic rings. The van der Waals surface area contributed by atoms with Crippen molar-refractivity contribution in [2.45, 2.75) is 25.0 Å². The van der Waals surface area contributed by atoms with E-state index in [0.29, 0.717) is 43.2 Å². The minimum Gasteiger partial charge on any atom is -0.464 e. The van der Waals surface area contributed by atoms with Crippen LogP contribution in [-0.4, -0.2) is 36.1 Å². The van der Waals surface area contributed by atoms with Crippen LogP contribution in [0.4, 0.5) is 15.5 Å². The van der Waals surface area contributed by atoms with E-state index >= 15 is 0 Å². The lowest BCUT2D eigenvalue weighted by molar-refractivity contribution is -0.163. The predicted molar refractivity (Wildman–Crippen MR) is 96.1 cm³/mol. The second kappa shape index (κ2) is 6.39. The van der Waals surface area contributed by atoms with Gasteiger partial charge < -0.3 is 20.3 Å². The molecule has 7 nitrogen and oxygen atoms in total. The summed E-state index contributed by atoms with van der Waals surface area (Å²) in [5, 5.41) is 10.1. The number of para-hydroxylation sites is 1. The third kappa shape index (κ3) is 2.76. The fraction of sp³-hybridized carbons (Fsp3) is 0.333. The van der Waals surface area contributed by atoms with Crippen LogP contribution in [0, 0.1) is 0 Å². The third-order valence-corrected chi connectivity index (χ3v) is 5.94. The number of carbonyl (C=O) groups is 2. The van der Waals surface area contributed by atoms with Crippen LogP contribution in [0.2, 0.25) is 0 Å². The Morgan fingerprint density at radius 2 is 1.88 bits per heavy atom. The molecular weight excluding hydrogens is 356 g/mol. The van der Waals surface area contributed by atoms with Crippen LogP contribution in [0.3, 0.4) is 0 Å². The minimum absolute atomic E-state index is 0.282. The first kappa shape index (κ1) is 17.0. The van der Waals surface area contributed by atoms with Crippen molar-refractivity contribution in [2.24, 2.45) is 5.73 Å². The summed E-state index contributed by atoms with van der Waals surface area (Å²) in [4.78, 5) is 26.2. The van der Waals surface area contributed by atoms with E-state index in [2.05, 4.69) is 0 Å². The second-order valence-corrected chi connectivity index (χ2v) is 7.37. The average Bonchev–Trinajstić information content (AvgIpc) is 3.20. The van der Waals surface area contributed by atoms with E-state index in [0.717, 1.165) is 15.3 Å². The molecule has 0 bridgehead atoms. The highest BCUT2D eigenvalue weighted by Gasteiger charge is 2.43. The van der Waals surface area contributed by atoms with Crippen LogP contribution >= 0.6 is 11.3 Å². The van der Waals surface area contributed by atoms with Crippen molar-refractivity contribution in [3.05, 3.63) is 46.3 Å². The van der Waals surface area contributed by atoms with Crippen molar-refractivity contribution in [1.29, 1.82) is 0 Å². The fourth-order valence-electron chi connectivity index (χ4n) is 3.60. The number of rotatable bonds is 3. The van der Waals surface area contributed by atoms with Crippen LogP contribution in [0.25, 0.3) is 0 Å². The third-order valence-electron chi connectivity index (χ3n) is 4.73. The maximum atomic E-state index is 12.2. The van der Waals surface area contributed by atoms with Gasteiger partial charge >= 0.3 is 6.09 Å². The number of carbonyl (C=O) groups excluding carboxylic acids is 1. The molecule has 1 aromatic carbocycles. The quantitative estimate of drug-likeness (QED) is 0.860. The number of nitrogens with zero attached hydrogens (tertiary/aromatic N) is 1. The zero-order valence-electron chi connectivity index (χ0n) is 13.9. The van der Waals surface area contributed by atoms with Gasteiger partial charge in [0, 0.05) is 17.7 Å². The smallest absolute Gasteiger partial charge is 0.417 e. The monoisotopic (exact) mass is 374 g/mol. The fourth-order valence-corrected chi connectivity index (χ4v) is 5.05. The van der Waals surface area contributed by atoms with E-state index in [4.69, 9.17) is 15.2 Å². The molecule has 2 aromatic rings. The van der Waals surface area contributed by atoms with Crippen molar-refractivity contribution < 1.29 is 24.2 Å². The van der Waals surface area contributed by atoms with E-state index in [1.165, 1.54) is 11.3 Å². The van der Waals surface area contributed by atoms with Gasteiger partial charge in [0.1, 0.15) is 5.00 Å². The highest BCUT2D eigenvalue weighted by molar-refractivity contribution is 7.17. The largest absolute Gasteiger partial charge is 0.464 e. The number of benzene rings is 1. The molecule has 1 spiro atoms. The maximum Gasteiger partial charge on any atom is 0.417 e. The molecule has 1 aliphatic carbocycles. The van der Waals surface area contributed by atoms with Crippen LogP contribution in [0.1, 0.15) is 27.2 Å². The van der Waals surface area contributed by atoms with Gasteiger partial charge in [0.25, 0.3) is 5.91 Å². The van der Waals surface area contributed by atoms with Gasteiger partial charge in [-0.05, 0) is 24.1 Å². The van der Waals surface area contributed by atoms with Gasteiger partial charge in [-0.1, -0.05) is 18.2 Å². The SMILES string of the molecule is NC(=O)c1c(N(C(=O)O)c2ccccc2)sc2c1CCC1(C2)OCCO1. The number of hydrogen-bond acceptors (Lipinski definition) is 5. The Labute approximate surface area is 153 Å². The molecule has 0 atom stereocenters. The zero-order chi connectivity index (χ0) is 18.3. The highest BCUT2D eigenvalue weighted by Crippen LogP contribution is 2.46. The summed E-state index contributed by atoms with van der Waals surface area (Å²) in [5.41, 5.74) is 7.18. The Morgan fingerprint density at radius 1 is 1.19 bits per heavy atom. The zero-order valence-corrected chi connectivity index (χ0v) is 14.8. The molecule has 1 aliphatic heterocycles. The van der Waals surface area contributed by atoms with E-state index < -0.39 is 17.8 Å². The van der Waals surface area contributed by atoms with E-state index in [1.54, 1.807) is 30.3 Å². The molecule has 0 radical (unpaired) electrons. The van der Waals surface area contributed by atoms with Crippen LogP contribution in [0.15, 0.2) is 30.3 Å². The van der Waals surface area contributed by atoms with E-state index in [-0.39, 0.29) is 5.56 Å². The van der Waals surface area contributed by atoms with Crippen LogP contribution in [0.5, 0.6) is 0 Å². The molecule has 3 N–H and O–H groups in total. The average molecular weight is 374 g/mol. The van der Waals surface area contributed by atoms with Crippen LogP contribution < -0.4 is 10.6 Å². The normalized spacial score (nSPS) is 17.8. The van der Waals surface area contributed by atoms with Crippen molar-refractivity contribution in [1.82, 2.24) is 0 Å². The number of fused-ring (bicyclic) bond motifs is 1. The standard InChI is InChI=1S/C18H18N2O5S/c19-15(21)14-12-6-7-18(24-8-9-25-18)10-13(12)26-16(14)20(17(22)23)11-4-2-1-3-5-11/h1-5H,6-10H2,(H2,19,21)(H,22,23). The van der Waals surface area contributed by atoms with Crippen molar-refractivity contribution in [3.63, 3.8) is 0 Å². The lowest BCUT2D eigenvalue weighted by Crippen LogP contribution is -2.36. The molecule has 1 aromatic heterocycles. The molecular formula is C18H18N2O5S. The molecule has 8 heteroatoms. The Hall–Kier alpha value is -2.42. The van der Waals surface area contributed by atoms with E-state index in [9.17, 15) is 14.7 Å². The Morgan fingerprint density at radius 3 is 2.50 bits per heavy atom. The summed E-state index contributed by atoms with van der Waals surface area (Å²) in [6.45, 7) is 1.09. The topological polar surface area (TPSA) is 102 Å².